The lowest BCUT2D eigenvalue weighted by molar-refractivity contribution is -0.151. The number of amides is 4. The summed E-state index contributed by atoms with van der Waals surface area (Å²) in [5, 5.41) is 19.8. The van der Waals surface area contributed by atoms with Gasteiger partial charge in [0, 0.05) is 19.4 Å². The van der Waals surface area contributed by atoms with Gasteiger partial charge in [0.25, 0.3) is 0 Å². The minimum atomic E-state index is -1.16. The highest BCUT2D eigenvalue weighted by molar-refractivity contribution is 5.93. The third kappa shape index (κ3) is 21.3. The van der Waals surface area contributed by atoms with Crippen molar-refractivity contribution in [1.29, 1.82) is 0 Å². The molecule has 0 saturated carbocycles. The van der Waals surface area contributed by atoms with E-state index in [1.165, 1.54) is 32.6 Å². The summed E-state index contributed by atoms with van der Waals surface area (Å²) in [4.78, 5) is 74.6. The summed E-state index contributed by atoms with van der Waals surface area (Å²) in [6.45, 7) is 13.1. The molecule has 12 heteroatoms. The van der Waals surface area contributed by atoms with E-state index in [0.717, 1.165) is 38.5 Å². The Morgan fingerprint density at radius 3 is 1.89 bits per heavy atom. The molecule has 5 unspecified atom stereocenters. The average molecular weight is 669 g/mol. The minimum absolute atomic E-state index is 0.0248. The molecule has 0 heterocycles. The second-order valence-corrected chi connectivity index (χ2v) is 13.1. The van der Waals surface area contributed by atoms with Crippen LogP contribution in [-0.2, 0) is 33.5 Å². The van der Waals surface area contributed by atoms with Gasteiger partial charge in [-0.3, -0.25) is 24.0 Å². The van der Waals surface area contributed by atoms with E-state index >= 15 is 0 Å². The maximum Gasteiger partial charge on any atom is 0.326 e. The van der Waals surface area contributed by atoms with Gasteiger partial charge in [0.15, 0.2) is 0 Å². The van der Waals surface area contributed by atoms with Gasteiger partial charge in [-0.25, -0.2) is 4.79 Å². The summed E-state index contributed by atoms with van der Waals surface area (Å²) in [5.41, 5.74) is 0. The van der Waals surface area contributed by atoms with Crippen LogP contribution >= 0.6 is 0 Å². The van der Waals surface area contributed by atoms with Crippen molar-refractivity contribution in [1.82, 2.24) is 21.3 Å². The van der Waals surface area contributed by atoms with Crippen molar-refractivity contribution in [3.63, 3.8) is 0 Å². The molecule has 0 fully saturated rings. The maximum absolute atomic E-state index is 13.0. The monoisotopic (exact) mass is 668 g/mol. The first kappa shape index (κ1) is 43.8. The number of carbonyl (C=O) groups is 6. The molecule has 0 aromatic carbocycles. The summed E-state index contributed by atoms with van der Waals surface area (Å²) >= 11 is 0. The zero-order valence-electron chi connectivity index (χ0n) is 30.1. The van der Waals surface area contributed by atoms with Crippen molar-refractivity contribution in [3.05, 3.63) is 0 Å². The van der Waals surface area contributed by atoms with Gasteiger partial charge in [-0.05, 0) is 44.4 Å². The fourth-order valence-corrected chi connectivity index (χ4v) is 5.02. The molecule has 0 radical (unpaired) electrons. The van der Waals surface area contributed by atoms with Crippen LogP contribution in [0.3, 0.4) is 0 Å². The number of nitrogens with one attached hydrogen (secondary N) is 4. The molecule has 0 aromatic rings. The summed E-state index contributed by atoms with van der Waals surface area (Å²) in [5.74, 6) is -3.80. The zero-order chi connectivity index (χ0) is 35.8. The summed E-state index contributed by atoms with van der Waals surface area (Å²) in [7, 11) is 0. The zero-order valence-corrected chi connectivity index (χ0v) is 30.1. The molecule has 272 valence electrons. The standard InChI is InChI=1S/C35H64N4O8/c1-8-11-13-14-15-16-18-27(17-12-9-2)47-31(42)20-19-29(40)36-22-21-30(41)39-32(25(6)10-3)34(44)37-26(7)33(43)38-28(35(45)46)23-24(4)5/h24-28,32H,8-23H2,1-7H3,(H,36,40)(H,37,44)(H,38,43)(H,39,41)(H,45,46). The predicted molar refractivity (Wildman–Crippen MR) is 182 cm³/mol. The highest BCUT2D eigenvalue weighted by Gasteiger charge is 2.30. The second-order valence-electron chi connectivity index (χ2n) is 13.1. The van der Waals surface area contributed by atoms with E-state index in [-0.39, 0.29) is 56.1 Å². The van der Waals surface area contributed by atoms with Crippen LogP contribution in [0.5, 0.6) is 0 Å². The van der Waals surface area contributed by atoms with E-state index in [1.807, 2.05) is 20.8 Å². The summed E-state index contributed by atoms with van der Waals surface area (Å²) < 4.78 is 5.69. The van der Waals surface area contributed by atoms with Crippen LogP contribution < -0.4 is 21.3 Å². The number of aliphatic carboxylic acids is 1. The van der Waals surface area contributed by atoms with Crippen molar-refractivity contribution in [2.24, 2.45) is 11.8 Å². The van der Waals surface area contributed by atoms with E-state index in [4.69, 9.17) is 4.74 Å². The highest BCUT2D eigenvalue weighted by atomic mass is 16.5. The molecule has 0 aromatic heterocycles. The highest BCUT2D eigenvalue weighted by Crippen LogP contribution is 2.16. The molecular weight excluding hydrogens is 604 g/mol. The Labute approximate surface area is 282 Å². The van der Waals surface area contributed by atoms with Gasteiger partial charge < -0.3 is 31.1 Å². The molecule has 0 bridgehead atoms. The fourth-order valence-electron chi connectivity index (χ4n) is 5.02. The van der Waals surface area contributed by atoms with Crippen LogP contribution in [0.15, 0.2) is 0 Å². The second kappa shape index (κ2) is 25.9. The summed E-state index contributed by atoms with van der Waals surface area (Å²) in [6.07, 6.45) is 11.2. The molecule has 0 aliphatic heterocycles. The Bertz CT molecular complexity index is 958. The van der Waals surface area contributed by atoms with Gasteiger partial charge in [-0.2, -0.15) is 0 Å². The van der Waals surface area contributed by atoms with Crippen LogP contribution in [0.1, 0.15) is 145 Å². The Kier molecular flexibility index (Phi) is 24.1. The number of unbranched alkanes of at least 4 members (excludes halogenated alkanes) is 6. The van der Waals surface area contributed by atoms with Crippen molar-refractivity contribution >= 4 is 35.6 Å². The molecule has 12 nitrogen and oxygen atoms in total. The quantitative estimate of drug-likeness (QED) is 0.0613. The van der Waals surface area contributed by atoms with Crippen LogP contribution in [0.25, 0.3) is 0 Å². The van der Waals surface area contributed by atoms with E-state index < -0.39 is 47.8 Å². The Morgan fingerprint density at radius 1 is 0.681 bits per heavy atom. The number of hydrogen-bond donors (Lipinski definition) is 5. The Hall–Kier alpha value is -3.18. The number of carboxylic acids is 1. The number of hydrogen-bond acceptors (Lipinski definition) is 7. The number of esters is 1. The van der Waals surface area contributed by atoms with Crippen molar-refractivity contribution in [3.8, 4) is 0 Å². The molecule has 4 amide bonds. The minimum Gasteiger partial charge on any atom is -0.480 e. The normalized spacial score (nSPS) is 14.3. The van der Waals surface area contributed by atoms with E-state index in [9.17, 15) is 33.9 Å². The number of ether oxygens (including phenoxy) is 1. The van der Waals surface area contributed by atoms with Gasteiger partial charge >= 0.3 is 11.9 Å². The largest absolute Gasteiger partial charge is 0.480 e. The first-order valence-corrected chi connectivity index (χ1v) is 17.8. The van der Waals surface area contributed by atoms with Crippen LogP contribution in [0.2, 0.25) is 0 Å². The van der Waals surface area contributed by atoms with E-state index in [1.54, 1.807) is 6.92 Å². The lowest BCUT2D eigenvalue weighted by atomic mass is 9.97. The molecule has 0 aliphatic carbocycles. The van der Waals surface area contributed by atoms with Crippen LogP contribution in [0.4, 0.5) is 0 Å². The van der Waals surface area contributed by atoms with Crippen LogP contribution in [0, 0.1) is 11.8 Å². The van der Waals surface area contributed by atoms with Gasteiger partial charge in [-0.1, -0.05) is 92.9 Å². The van der Waals surface area contributed by atoms with Gasteiger partial charge in [0.2, 0.25) is 23.6 Å². The third-order valence-corrected chi connectivity index (χ3v) is 8.17. The SMILES string of the molecule is CCCCCCCCC(CCCC)OC(=O)CCC(=O)NCCC(=O)NC(C(=O)NC(C)C(=O)NC(CC(C)C)C(=O)O)C(C)CC. The maximum atomic E-state index is 13.0. The molecule has 5 N–H and O–H groups in total. The molecule has 0 rings (SSSR count). The molecule has 47 heavy (non-hydrogen) atoms. The molecule has 5 atom stereocenters. The first-order chi connectivity index (χ1) is 22.2. The van der Waals surface area contributed by atoms with Gasteiger partial charge in [-0.15, -0.1) is 0 Å². The number of rotatable bonds is 27. The summed E-state index contributed by atoms with van der Waals surface area (Å²) in [6, 6.07) is -3.04. The predicted octanol–water partition coefficient (Wildman–Crippen LogP) is 4.78. The fraction of sp³-hybridized carbons (Fsp3) is 0.829. The smallest absolute Gasteiger partial charge is 0.326 e. The van der Waals surface area contributed by atoms with Crippen LogP contribution in [-0.4, -0.2) is 71.4 Å². The Morgan fingerprint density at radius 2 is 1.30 bits per heavy atom. The van der Waals surface area contributed by atoms with Crippen molar-refractivity contribution < 1.29 is 38.6 Å². The lowest BCUT2D eigenvalue weighted by Gasteiger charge is -2.26. The molecule has 0 aliphatic rings. The first-order valence-electron chi connectivity index (χ1n) is 17.8. The Balaban J connectivity index is 4.73. The average Bonchev–Trinajstić information content (AvgIpc) is 3.01. The van der Waals surface area contributed by atoms with Crippen molar-refractivity contribution in [2.75, 3.05) is 6.54 Å². The molecular formula is C35H64N4O8. The molecule has 0 spiro atoms. The topological polar surface area (TPSA) is 180 Å². The number of carbonyl (C=O) groups excluding carboxylic acids is 5. The van der Waals surface area contributed by atoms with Gasteiger partial charge in [0.1, 0.15) is 24.2 Å². The van der Waals surface area contributed by atoms with E-state index in [0.29, 0.717) is 6.42 Å². The molecule has 0 saturated heterocycles. The van der Waals surface area contributed by atoms with Crippen molar-refractivity contribution in [2.45, 2.75) is 169 Å². The van der Waals surface area contributed by atoms with Gasteiger partial charge in [0.05, 0.1) is 6.42 Å². The number of carboxylic acid groups (broad SMARTS) is 1. The van der Waals surface area contributed by atoms with E-state index in [2.05, 4.69) is 35.1 Å². The lowest BCUT2D eigenvalue weighted by Crippen LogP contribution is -2.56. The third-order valence-electron chi connectivity index (χ3n) is 8.17.